The first-order chi connectivity index (χ1) is 9.95. The summed E-state index contributed by atoms with van der Waals surface area (Å²) in [6.07, 6.45) is 0. The number of nitrogens with zero attached hydrogens (tertiary/aromatic N) is 1. The second-order valence-corrected chi connectivity index (χ2v) is 6.16. The highest BCUT2D eigenvalue weighted by atomic mass is 15.0. The number of hydrogen-bond acceptors (Lipinski definition) is 2. The van der Waals surface area contributed by atoms with Crippen molar-refractivity contribution in [3.8, 4) is 0 Å². The molecule has 0 aromatic heterocycles. The zero-order valence-corrected chi connectivity index (χ0v) is 13.8. The van der Waals surface area contributed by atoms with Crippen LogP contribution in [0.3, 0.4) is 0 Å². The average molecular weight is 282 g/mol. The van der Waals surface area contributed by atoms with Crippen molar-refractivity contribution >= 4 is 5.69 Å². The number of nitrogens with one attached hydrogen (secondary N) is 1. The molecule has 21 heavy (non-hydrogen) atoms. The molecule has 0 fully saturated rings. The molecule has 2 nitrogen and oxygen atoms in total. The van der Waals surface area contributed by atoms with Gasteiger partial charge in [0.05, 0.1) is 0 Å². The van der Waals surface area contributed by atoms with E-state index in [1.807, 2.05) is 0 Å². The first-order valence-electron chi connectivity index (χ1n) is 7.53. The van der Waals surface area contributed by atoms with Crippen LogP contribution in [0.1, 0.15) is 35.2 Å². The van der Waals surface area contributed by atoms with Crippen LogP contribution in [0.2, 0.25) is 0 Å². The van der Waals surface area contributed by atoms with Crippen molar-refractivity contribution in [2.45, 2.75) is 33.4 Å². The van der Waals surface area contributed by atoms with Gasteiger partial charge in [-0.15, -0.1) is 0 Å². The van der Waals surface area contributed by atoms with Crippen molar-refractivity contribution in [3.63, 3.8) is 0 Å². The minimum absolute atomic E-state index is 0.306. The second-order valence-electron chi connectivity index (χ2n) is 6.16. The van der Waals surface area contributed by atoms with E-state index in [-0.39, 0.29) is 0 Å². The minimum Gasteiger partial charge on any atom is -0.379 e. The predicted molar refractivity (Wildman–Crippen MR) is 91.8 cm³/mol. The lowest BCUT2D eigenvalue weighted by molar-refractivity contribution is 0.402. The maximum atomic E-state index is 3.61. The van der Waals surface area contributed by atoms with Crippen molar-refractivity contribution < 1.29 is 0 Å². The summed E-state index contributed by atoms with van der Waals surface area (Å²) in [7, 11) is 4.19. The lowest BCUT2D eigenvalue weighted by Gasteiger charge is -2.19. The van der Waals surface area contributed by atoms with Gasteiger partial charge >= 0.3 is 0 Å². The van der Waals surface area contributed by atoms with Gasteiger partial charge < -0.3 is 10.2 Å². The molecule has 0 saturated heterocycles. The molecule has 1 unspecified atom stereocenters. The van der Waals surface area contributed by atoms with Crippen molar-refractivity contribution in [2.24, 2.45) is 0 Å². The normalized spacial score (nSPS) is 12.5. The lowest BCUT2D eigenvalue weighted by atomic mass is 10.00. The van der Waals surface area contributed by atoms with E-state index in [1.54, 1.807) is 0 Å². The molecular formula is C19H26N2. The third-order valence-corrected chi connectivity index (χ3v) is 3.70. The van der Waals surface area contributed by atoms with Crippen LogP contribution in [-0.2, 0) is 6.54 Å². The summed E-state index contributed by atoms with van der Waals surface area (Å²) in [6, 6.07) is 15.6. The molecular weight excluding hydrogens is 256 g/mol. The average Bonchev–Trinajstić information content (AvgIpc) is 2.37. The van der Waals surface area contributed by atoms with Gasteiger partial charge in [0.1, 0.15) is 0 Å². The third-order valence-electron chi connectivity index (χ3n) is 3.70. The Balaban J connectivity index is 2.13. The molecule has 0 aliphatic rings. The Kier molecular flexibility index (Phi) is 5.03. The van der Waals surface area contributed by atoms with Crippen LogP contribution in [-0.4, -0.2) is 19.0 Å². The van der Waals surface area contributed by atoms with Gasteiger partial charge in [-0.2, -0.15) is 0 Å². The number of anilines is 1. The number of hydrogen-bond donors (Lipinski definition) is 1. The molecule has 0 saturated carbocycles. The Morgan fingerprint density at radius 3 is 2.48 bits per heavy atom. The quantitative estimate of drug-likeness (QED) is 0.866. The highest BCUT2D eigenvalue weighted by molar-refractivity contribution is 5.48. The Bertz CT molecular complexity index is 602. The van der Waals surface area contributed by atoms with Crippen molar-refractivity contribution in [3.05, 3.63) is 64.7 Å². The highest BCUT2D eigenvalue weighted by Gasteiger charge is 2.08. The van der Waals surface area contributed by atoms with Crippen LogP contribution in [0.4, 0.5) is 5.69 Å². The van der Waals surface area contributed by atoms with Crippen LogP contribution in [0.15, 0.2) is 42.5 Å². The molecule has 2 aromatic rings. The Labute approximate surface area is 128 Å². The largest absolute Gasteiger partial charge is 0.379 e. The maximum Gasteiger partial charge on any atom is 0.0488 e. The van der Waals surface area contributed by atoms with Crippen LogP contribution >= 0.6 is 0 Å². The molecule has 2 heteroatoms. The highest BCUT2D eigenvalue weighted by Crippen LogP contribution is 2.23. The SMILES string of the molecule is Cc1ccc(C(C)Nc2cccc(CN(C)C)c2)c(C)c1. The summed E-state index contributed by atoms with van der Waals surface area (Å²) in [5, 5.41) is 3.61. The van der Waals surface area contributed by atoms with Gasteiger partial charge in [-0.1, -0.05) is 35.9 Å². The zero-order valence-electron chi connectivity index (χ0n) is 13.8. The van der Waals surface area contributed by atoms with Gasteiger partial charge in [0, 0.05) is 18.3 Å². The fourth-order valence-electron chi connectivity index (χ4n) is 2.76. The molecule has 0 amide bonds. The summed E-state index contributed by atoms with van der Waals surface area (Å²) in [4.78, 5) is 2.19. The van der Waals surface area contributed by atoms with Crippen LogP contribution in [0, 0.1) is 13.8 Å². The number of aryl methyl sites for hydroxylation is 2. The van der Waals surface area contributed by atoms with Gasteiger partial charge in [0.15, 0.2) is 0 Å². The summed E-state index contributed by atoms with van der Waals surface area (Å²) in [6.45, 7) is 7.51. The van der Waals surface area contributed by atoms with Crippen LogP contribution in [0.5, 0.6) is 0 Å². The molecule has 2 aromatic carbocycles. The van der Waals surface area contributed by atoms with E-state index in [0.717, 1.165) is 6.54 Å². The molecule has 0 radical (unpaired) electrons. The smallest absolute Gasteiger partial charge is 0.0488 e. The molecule has 0 heterocycles. The van der Waals surface area contributed by atoms with Gasteiger partial charge in [-0.25, -0.2) is 0 Å². The van der Waals surface area contributed by atoms with Crippen molar-refractivity contribution in [1.82, 2.24) is 4.90 Å². The Morgan fingerprint density at radius 2 is 1.81 bits per heavy atom. The van der Waals surface area contributed by atoms with Crippen molar-refractivity contribution in [1.29, 1.82) is 0 Å². The second kappa shape index (κ2) is 6.77. The van der Waals surface area contributed by atoms with Gasteiger partial charge in [-0.05, 0) is 63.7 Å². The van der Waals surface area contributed by atoms with E-state index in [1.165, 1.54) is 27.9 Å². The first kappa shape index (κ1) is 15.6. The van der Waals surface area contributed by atoms with Crippen molar-refractivity contribution in [2.75, 3.05) is 19.4 Å². The van der Waals surface area contributed by atoms with Gasteiger partial charge in [0.25, 0.3) is 0 Å². The molecule has 1 N–H and O–H groups in total. The standard InChI is InChI=1S/C19H26N2/c1-14-9-10-19(15(2)11-14)16(3)20-18-8-6-7-17(12-18)13-21(4)5/h6-12,16,20H,13H2,1-5H3. The fraction of sp³-hybridized carbons (Fsp3) is 0.368. The topological polar surface area (TPSA) is 15.3 Å². The van der Waals surface area contributed by atoms with Gasteiger partial charge in [0.2, 0.25) is 0 Å². The van der Waals surface area contributed by atoms with E-state index in [4.69, 9.17) is 0 Å². The summed E-state index contributed by atoms with van der Waals surface area (Å²) in [5.74, 6) is 0. The fourth-order valence-corrected chi connectivity index (χ4v) is 2.76. The molecule has 0 spiro atoms. The van der Waals surface area contributed by atoms with Crippen LogP contribution in [0.25, 0.3) is 0 Å². The predicted octanol–water partition coefficient (Wildman–Crippen LogP) is 4.54. The first-order valence-corrected chi connectivity index (χ1v) is 7.53. The molecule has 1 atom stereocenters. The molecule has 2 rings (SSSR count). The maximum absolute atomic E-state index is 3.61. The number of rotatable bonds is 5. The zero-order chi connectivity index (χ0) is 15.4. The third kappa shape index (κ3) is 4.33. The van der Waals surface area contributed by atoms with E-state index in [0.29, 0.717) is 6.04 Å². The monoisotopic (exact) mass is 282 g/mol. The Hall–Kier alpha value is -1.80. The van der Waals surface area contributed by atoms with E-state index < -0.39 is 0 Å². The molecule has 0 bridgehead atoms. The number of benzene rings is 2. The minimum atomic E-state index is 0.306. The van der Waals surface area contributed by atoms with Gasteiger partial charge in [-0.3, -0.25) is 0 Å². The molecule has 0 aliphatic carbocycles. The molecule has 112 valence electrons. The molecule has 0 aliphatic heterocycles. The van der Waals surface area contributed by atoms with E-state index >= 15 is 0 Å². The van der Waals surface area contributed by atoms with E-state index in [2.05, 4.69) is 87.5 Å². The Morgan fingerprint density at radius 1 is 1.05 bits per heavy atom. The van der Waals surface area contributed by atoms with Crippen LogP contribution < -0.4 is 5.32 Å². The van der Waals surface area contributed by atoms with E-state index in [9.17, 15) is 0 Å². The summed E-state index contributed by atoms with van der Waals surface area (Å²) < 4.78 is 0. The lowest BCUT2D eigenvalue weighted by Crippen LogP contribution is -2.12. The summed E-state index contributed by atoms with van der Waals surface area (Å²) in [5.41, 5.74) is 6.54. The summed E-state index contributed by atoms with van der Waals surface area (Å²) >= 11 is 0.